The molecule has 0 atom stereocenters. The molecular formula is C21H17ClN4O3. The lowest BCUT2D eigenvalue weighted by Crippen LogP contribution is -2.28. The Morgan fingerprint density at radius 1 is 1.14 bits per heavy atom. The number of fused-ring (bicyclic) bond motifs is 1. The Balaban J connectivity index is 1.35. The van der Waals surface area contributed by atoms with Gasteiger partial charge in [0.2, 0.25) is 0 Å². The standard InChI is InChI=1S/C21H17ClN4O3/c22-21-17(25-12-5-4-8-18(25)23-21)9-10-20(28)29-14-19(27)26-13-11-16(24-26)15-6-2-1-3-7-15/h1-10,12H,11,13-14H2/b10-9+. The molecule has 146 valence electrons. The fraction of sp³-hybridized carbons (Fsp3) is 0.143. The van der Waals surface area contributed by atoms with Crippen LogP contribution in [0.3, 0.4) is 0 Å². The average Bonchev–Trinajstić information content (AvgIpc) is 3.35. The second kappa shape index (κ2) is 8.28. The summed E-state index contributed by atoms with van der Waals surface area (Å²) in [5.74, 6) is -1.02. The highest BCUT2D eigenvalue weighted by Gasteiger charge is 2.22. The Hall–Kier alpha value is -3.45. The molecule has 0 unspecified atom stereocenters. The number of amides is 1. The van der Waals surface area contributed by atoms with Gasteiger partial charge < -0.3 is 4.74 Å². The van der Waals surface area contributed by atoms with Crippen LogP contribution in [0.5, 0.6) is 0 Å². The summed E-state index contributed by atoms with van der Waals surface area (Å²) < 4.78 is 6.80. The lowest BCUT2D eigenvalue weighted by Gasteiger charge is -2.10. The van der Waals surface area contributed by atoms with E-state index in [2.05, 4.69) is 10.1 Å². The van der Waals surface area contributed by atoms with Gasteiger partial charge in [-0.2, -0.15) is 5.10 Å². The predicted molar refractivity (Wildman–Crippen MR) is 110 cm³/mol. The van der Waals surface area contributed by atoms with Gasteiger partial charge in [0.1, 0.15) is 5.65 Å². The second-order valence-corrected chi connectivity index (χ2v) is 6.70. The van der Waals surface area contributed by atoms with E-state index in [9.17, 15) is 9.59 Å². The zero-order chi connectivity index (χ0) is 20.2. The molecule has 0 bridgehead atoms. The molecule has 0 saturated heterocycles. The quantitative estimate of drug-likeness (QED) is 0.480. The molecule has 0 N–H and O–H groups in total. The largest absolute Gasteiger partial charge is 0.452 e. The van der Waals surface area contributed by atoms with Gasteiger partial charge in [-0.15, -0.1) is 0 Å². The van der Waals surface area contributed by atoms with Gasteiger partial charge in [0.15, 0.2) is 11.8 Å². The van der Waals surface area contributed by atoms with Crippen molar-refractivity contribution in [3.8, 4) is 0 Å². The number of benzene rings is 1. The average molecular weight is 409 g/mol. The number of hydrogen-bond acceptors (Lipinski definition) is 5. The van der Waals surface area contributed by atoms with Crippen LogP contribution in [0.25, 0.3) is 11.7 Å². The summed E-state index contributed by atoms with van der Waals surface area (Å²) in [5.41, 5.74) is 3.05. The van der Waals surface area contributed by atoms with Crippen LogP contribution in [0.15, 0.2) is 65.9 Å². The first-order chi connectivity index (χ1) is 14.1. The summed E-state index contributed by atoms with van der Waals surface area (Å²) in [7, 11) is 0. The monoisotopic (exact) mass is 408 g/mol. The van der Waals surface area contributed by atoms with Crippen molar-refractivity contribution in [1.29, 1.82) is 0 Å². The van der Waals surface area contributed by atoms with Crippen LogP contribution in [-0.2, 0) is 14.3 Å². The highest BCUT2D eigenvalue weighted by atomic mass is 35.5. The molecule has 1 aliphatic heterocycles. The number of hydrazone groups is 1. The van der Waals surface area contributed by atoms with Crippen molar-refractivity contribution in [1.82, 2.24) is 14.4 Å². The van der Waals surface area contributed by atoms with E-state index in [1.165, 1.54) is 17.2 Å². The molecule has 0 saturated carbocycles. The number of aromatic nitrogens is 2. The van der Waals surface area contributed by atoms with Crippen LogP contribution < -0.4 is 0 Å². The minimum absolute atomic E-state index is 0.274. The first-order valence-electron chi connectivity index (χ1n) is 9.02. The molecular weight excluding hydrogens is 392 g/mol. The van der Waals surface area contributed by atoms with Gasteiger partial charge in [-0.25, -0.2) is 14.8 Å². The van der Waals surface area contributed by atoms with Gasteiger partial charge >= 0.3 is 5.97 Å². The molecule has 1 aromatic carbocycles. The minimum atomic E-state index is -0.647. The number of imidazole rings is 1. The maximum atomic E-state index is 12.3. The van der Waals surface area contributed by atoms with Crippen LogP contribution in [-0.4, -0.2) is 45.1 Å². The molecule has 0 radical (unpaired) electrons. The summed E-state index contributed by atoms with van der Waals surface area (Å²) in [5, 5.41) is 5.94. The Kier molecular flexibility index (Phi) is 5.39. The van der Waals surface area contributed by atoms with Crippen LogP contribution in [0.1, 0.15) is 17.7 Å². The second-order valence-electron chi connectivity index (χ2n) is 6.34. The number of carbonyl (C=O) groups is 2. The van der Waals surface area contributed by atoms with Gasteiger partial charge in [0, 0.05) is 18.7 Å². The number of hydrogen-bond donors (Lipinski definition) is 0. The predicted octanol–water partition coefficient (Wildman–Crippen LogP) is 3.18. The molecule has 29 heavy (non-hydrogen) atoms. The molecule has 8 heteroatoms. The molecule has 4 rings (SSSR count). The maximum Gasteiger partial charge on any atom is 0.331 e. The van der Waals surface area contributed by atoms with Crippen LogP contribution in [0, 0.1) is 0 Å². The fourth-order valence-corrected chi connectivity index (χ4v) is 3.25. The van der Waals surface area contributed by atoms with E-state index in [1.54, 1.807) is 16.7 Å². The van der Waals surface area contributed by atoms with Gasteiger partial charge in [0.25, 0.3) is 5.91 Å². The number of ether oxygens (including phenoxy) is 1. The SMILES string of the molecule is O=C(/C=C/c1c(Cl)nc2ccccn12)OCC(=O)N1CCC(c2ccccc2)=N1. The number of esters is 1. The zero-order valence-corrected chi connectivity index (χ0v) is 16.1. The molecule has 3 heterocycles. The Morgan fingerprint density at radius 3 is 2.76 bits per heavy atom. The van der Waals surface area contributed by atoms with E-state index in [1.807, 2.05) is 42.5 Å². The van der Waals surface area contributed by atoms with Gasteiger partial charge in [0.05, 0.1) is 18.0 Å². The van der Waals surface area contributed by atoms with E-state index in [-0.39, 0.29) is 17.7 Å². The van der Waals surface area contributed by atoms with Crippen molar-refractivity contribution in [3.63, 3.8) is 0 Å². The molecule has 0 fully saturated rings. The van der Waals surface area contributed by atoms with E-state index in [0.717, 1.165) is 11.3 Å². The van der Waals surface area contributed by atoms with Crippen LogP contribution >= 0.6 is 11.6 Å². The molecule has 7 nitrogen and oxygen atoms in total. The first kappa shape index (κ1) is 18.9. The number of pyridine rings is 1. The highest BCUT2D eigenvalue weighted by Crippen LogP contribution is 2.19. The van der Waals surface area contributed by atoms with Crippen molar-refractivity contribution in [2.24, 2.45) is 5.10 Å². The highest BCUT2D eigenvalue weighted by molar-refractivity contribution is 6.31. The first-order valence-corrected chi connectivity index (χ1v) is 9.40. The van der Waals surface area contributed by atoms with Gasteiger partial charge in [-0.1, -0.05) is 48.0 Å². The Labute approximate surface area is 171 Å². The molecule has 2 aromatic heterocycles. The lowest BCUT2D eigenvalue weighted by molar-refractivity contribution is -0.147. The molecule has 3 aromatic rings. The van der Waals surface area contributed by atoms with E-state index < -0.39 is 5.97 Å². The summed E-state index contributed by atoms with van der Waals surface area (Å²) in [6.07, 6.45) is 5.18. The van der Waals surface area contributed by atoms with Crippen molar-refractivity contribution in [2.45, 2.75) is 6.42 Å². The Morgan fingerprint density at radius 2 is 1.93 bits per heavy atom. The minimum Gasteiger partial charge on any atom is -0.452 e. The maximum absolute atomic E-state index is 12.3. The van der Waals surface area contributed by atoms with Crippen molar-refractivity contribution >= 4 is 40.9 Å². The van der Waals surface area contributed by atoms with E-state index in [4.69, 9.17) is 16.3 Å². The summed E-state index contributed by atoms with van der Waals surface area (Å²) in [4.78, 5) is 28.5. The summed E-state index contributed by atoms with van der Waals surface area (Å²) >= 11 is 6.12. The van der Waals surface area contributed by atoms with Gasteiger partial charge in [-0.3, -0.25) is 9.20 Å². The van der Waals surface area contributed by atoms with Crippen LogP contribution in [0.4, 0.5) is 0 Å². The van der Waals surface area contributed by atoms with Gasteiger partial charge in [-0.05, 0) is 23.8 Å². The molecule has 0 aliphatic carbocycles. The topological polar surface area (TPSA) is 76.3 Å². The number of halogens is 1. The fourth-order valence-electron chi connectivity index (χ4n) is 3.01. The smallest absolute Gasteiger partial charge is 0.331 e. The third-order valence-electron chi connectivity index (χ3n) is 4.43. The number of rotatable bonds is 5. The molecule has 1 amide bonds. The van der Waals surface area contributed by atoms with E-state index in [0.29, 0.717) is 24.3 Å². The van der Waals surface area contributed by atoms with Crippen molar-refractivity contribution < 1.29 is 14.3 Å². The lowest BCUT2D eigenvalue weighted by atomic mass is 10.1. The zero-order valence-electron chi connectivity index (χ0n) is 15.4. The number of nitrogens with zero attached hydrogens (tertiary/aromatic N) is 4. The van der Waals surface area contributed by atoms with Crippen LogP contribution in [0.2, 0.25) is 5.15 Å². The molecule has 1 aliphatic rings. The third-order valence-corrected chi connectivity index (χ3v) is 4.71. The van der Waals surface area contributed by atoms with E-state index >= 15 is 0 Å². The molecule has 0 spiro atoms. The third kappa shape index (κ3) is 4.20. The number of carbonyl (C=O) groups excluding carboxylic acids is 2. The summed E-state index contributed by atoms with van der Waals surface area (Å²) in [6.45, 7) is 0.0868. The normalized spacial score (nSPS) is 13.8. The summed E-state index contributed by atoms with van der Waals surface area (Å²) in [6, 6.07) is 15.1. The van der Waals surface area contributed by atoms with Crippen molar-refractivity contribution in [2.75, 3.05) is 13.2 Å². The Bertz CT molecular complexity index is 1120. The van der Waals surface area contributed by atoms with Crippen molar-refractivity contribution in [3.05, 3.63) is 77.2 Å².